The number of hydrogen-bond acceptors (Lipinski definition) is 7. The predicted octanol–water partition coefficient (Wildman–Crippen LogP) is 3.63. The van der Waals surface area contributed by atoms with Gasteiger partial charge in [-0.1, -0.05) is 44.2 Å². The molecule has 0 saturated heterocycles. The fourth-order valence-corrected chi connectivity index (χ4v) is 3.73. The molecule has 1 amide bonds. The van der Waals surface area contributed by atoms with Crippen molar-refractivity contribution in [1.82, 2.24) is 9.55 Å². The summed E-state index contributed by atoms with van der Waals surface area (Å²) < 4.78 is 11.6. The van der Waals surface area contributed by atoms with E-state index in [1.54, 1.807) is 23.8 Å². The number of aromatic nitrogens is 2. The molecule has 1 aromatic carbocycles. The number of carbonyl (C=O) groups is 3. The number of fused-ring (bicyclic) bond motifs is 1. The van der Waals surface area contributed by atoms with Crippen LogP contribution in [0.3, 0.4) is 0 Å². The van der Waals surface area contributed by atoms with Crippen LogP contribution in [-0.4, -0.2) is 47.7 Å². The van der Waals surface area contributed by atoms with Gasteiger partial charge in [-0.2, -0.15) is 0 Å². The van der Waals surface area contributed by atoms with Crippen molar-refractivity contribution in [3.05, 3.63) is 53.9 Å². The highest BCUT2D eigenvalue weighted by atomic mass is 16.5. The molecule has 3 aromatic rings. The summed E-state index contributed by atoms with van der Waals surface area (Å²) in [7, 11) is 2.62. The quantitative estimate of drug-likeness (QED) is 0.463. The molecule has 0 radical (unpaired) electrons. The fraction of sp³-hybridized carbons (Fsp3) is 0.360. The zero-order valence-electron chi connectivity index (χ0n) is 20.0. The van der Waals surface area contributed by atoms with Crippen molar-refractivity contribution in [3.8, 4) is 0 Å². The molecular formula is C25H30N4O5. The van der Waals surface area contributed by atoms with Crippen molar-refractivity contribution in [2.24, 2.45) is 5.92 Å². The van der Waals surface area contributed by atoms with Crippen LogP contribution in [0.15, 0.2) is 42.6 Å². The first-order valence-corrected chi connectivity index (χ1v) is 11.0. The topological polar surface area (TPSA) is 112 Å². The lowest BCUT2D eigenvalue weighted by Crippen LogP contribution is -2.27. The monoisotopic (exact) mass is 466 g/mol. The first kappa shape index (κ1) is 24.8. The van der Waals surface area contributed by atoms with E-state index in [1.165, 1.54) is 14.2 Å². The summed E-state index contributed by atoms with van der Waals surface area (Å²) in [5, 5.41) is 6.51. The van der Waals surface area contributed by atoms with Crippen LogP contribution in [0.2, 0.25) is 0 Å². The molecule has 1 atom stereocenters. The number of ether oxygens (including phenoxy) is 2. The van der Waals surface area contributed by atoms with Crippen LogP contribution in [0.1, 0.15) is 36.8 Å². The first-order chi connectivity index (χ1) is 16.2. The number of carbonyl (C=O) groups excluding carboxylic acids is 3. The van der Waals surface area contributed by atoms with E-state index >= 15 is 0 Å². The number of nitrogens with zero attached hydrogens (tertiary/aromatic N) is 2. The third-order valence-electron chi connectivity index (χ3n) is 5.23. The number of anilines is 2. The Labute approximate surface area is 198 Å². The standard InChI is InChI=1S/C25H30N4O5/c1-15(2)14-29-22(25(32)34-5)21(28-20(30)11-17-9-7-6-8-10-17)19-12-18(13-26-23(19)29)27-16(3)24(31)33-4/h6-10,12-13,15-16,27H,11,14H2,1-5H3,(H,28,30). The lowest BCUT2D eigenvalue weighted by atomic mass is 10.1. The van der Waals surface area contributed by atoms with Gasteiger partial charge in [0.2, 0.25) is 5.91 Å². The molecular weight excluding hydrogens is 436 g/mol. The highest BCUT2D eigenvalue weighted by Crippen LogP contribution is 2.33. The van der Waals surface area contributed by atoms with Gasteiger partial charge in [0.1, 0.15) is 11.7 Å². The summed E-state index contributed by atoms with van der Waals surface area (Å²) in [5.74, 6) is -1.08. The Morgan fingerprint density at radius 1 is 1.06 bits per heavy atom. The number of pyridine rings is 1. The molecule has 0 aliphatic heterocycles. The summed E-state index contributed by atoms with van der Waals surface area (Å²) in [4.78, 5) is 42.2. The van der Waals surface area contributed by atoms with E-state index in [0.717, 1.165) is 5.56 Å². The zero-order chi connectivity index (χ0) is 24.8. The van der Waals surface area contributed by atoms with Crippen LogP contribution in [0.4, 0.5) is 11.4 Å². The second-order valence-electron chi connectivity index (χ2n) is 8.41. The number of nitrogens with one attached hydrogen (secondary N) is 2. The minimum Gasteiger partial charge on any atom is -0.467 e. The number of amides is 1. The lowest BCUT2D eigenvalue weighted by molar-refractivity contribution is -0.141. The Hall–Kier alpha value is -3.88. The summed E-state index contributed by atoms with van der Waals surface area (Å²) in [6, 6.07) is 10.5. The highest BCUT2D eigenvalue weighted by molar-refractivity contribution is 6.11. The molecule has 1 unspecified atom stereocenters. The molecule has 9 heteroatoms. The number of methoxy groups -OCH3 is 2. The van der Waals surface area contributed by atoms with Gasteiger partial charge in [0, 0.05) is 11.9 Å². The van der Waals surface area contributed by atoms with Crippen LogP contribution in [0.5, 0.6) is 0 Å². The molecule has 9 nitrogen and oxygen atoms in total. The minimum atomic E-state index is -0.613. The van der Waals surface area contributed by atoms with E-state index in [4.69, 9.17) is 9.47 Å². The Morgan fingerprint density at radius 2 is 1.76 bits per heavy atom. The van der Waals surface area contributed by atoms with Crippen molar-refractivity contribution < 1.29 is 23.9 Å². The molecule has 180 valence electrons. The molecule has 0 fully saturated rings. The summed E-state index contributed by atoms with van der Waals surface area (Å²) in [6.07, 6.45) is 1.72. The molecule has 2 N–H and O–H groups in total. The van der Waals surface area contributed by atoms with Gasteiger partial charge in [0.15, 0.2) is 5.69 Å². The second kappa shape index (κ2) is 10.8. The Bertz CT molecular complexity index is 1190. The van der Waals surface area contributed by atoms with E-state index in [-0.39, 0.29) is 23.9 Å². The van der Waals surface area contributed by atoms with Crippen molar-refractivity contribution in [2.45, 2.75) is 39.8 Å². The molecule has 2 heterocycles. The minimum absolute atomic E-state index is 0.142. The van der Waals surface area contributed by atoms with Crippen LogP contribution in [0.25, 0.3) is 11.0 Å². The van der Waals surface area contributed by atoms with Crippen LogP contribution in [-0.2, 0) is 32.0 Å². The predicted molar refractivity (Wildman–Crippen MR) is 130 cm³/mol. The third kappa shape index (κ3) is 5.54. The van der Waals surface area contributed by atoms with Gasteiger partial charge in [-0.15, -0.1) is 0 Å². The summed E-state index contributed by atoms with van der Waals surface area (Å²) in [6.45, 7) is 6.21. The van der Waals surface area contributed by atoms with Crippen LogP contribution in [0, 0.1) is 5.92 Å². The van der Waals surface area contributed by atoms with Gasteiger partial charge in [-0.05, 0) is 24.5 Å². The highest BCUT2D eigenvalue weighted by Gasteiger charge is 2.27. The van der Waals surface area contributed by atoms with Gasteiger partial charge in [0.05, 0.1) is 38.2 Å². The molecule has 0 spiro atoms. The average molecular weight is 467 g/mol. The van der Waals surface area contributed by atoms with Crippen LogP contribution >= 0.6 is 0 Å². The largest absolute Gasteiger partial charge is 0.467 e. The van der Waals surface area contributed by atoms with Crippen molar-refractivity contribution in [1.29, 1.82) is 0 Å². The number of benzene rings is 1. The van der Waals surface area contributed by atoms with Crippen LogP contribution < -0.4 is 10.6 Å². The summed E-state index contributed by atoms with van der Waals surface area (Å²) in [5.41, 5.74) is 2.46. The molecule has 0 saturated carbocycles. The second-order valence-corrected chi connectivity index (χ2v) is 8.41. The maximum Gasteiger partial charge on any atom is 0.356 e. The van der Waals surface area contributed by atoms with E-state index in [9.17, 15) is 14.4 Å². The van der Waals surface area contributed by atoms with Gasteiger partial charge < -0.3 is 24.7 Å². The molecule has 3 rings (SSSR count). The SMILES string of the molecule is COC(=O)c1c(NC(=O)Cc2ccccc2)c2cc(NC(C)C(=O)OC)cnc2n1CC(C)C. The average Bonchev–Trinajstić information content (AvgIpc) is 3.10. The van der Waals surface area contributed by atoms with E-state index in [1.807, 2.05) is 44.2 Å². The maximum absolute atomic E-state index is 12.9. The fourth-order valence-electron chi connectivity index (χ4n) is 3.73. The number of hydrogen-bond donors (Lipinski definition) is 2. The van der Waals surface area contributed by atoms with E-state index in [0.29, 0.717) is 29.0 Å². The Kier molecular flexibility index (Phi) is 7.88. The van der Waals surface area contributed by atoms with Gasteiger partial charge in [-0.3, -0.25) is 4.79 Å². The first-order valence-electron chi connectivity index (χ1n) is 11.0. The van der Waals surface area contributed by atoms with Gasteiger partial charge >= 0.3 is 11.9 Å². The van der Waals surface area contributed by atoms with E-state index < -0.39 is 18.0 Å². The number of rotatable bonds is 9. The number of esters is 2. The normalized spacial score (nSPS) is 11.8. The van der Waals surface area contributed by atoms with Gasteiger partial charge in [-0.25, -0.2) is 14.6 Å². The van der Waals surface area contributed by atoms with Crippen molar-refractivity contribution in [2.75, 3.05) is 24.9 Å². The van der Waals surface area contributed by atoms with Gasteiger partial charge in [0.25, 0.3) is 0 Å². The molecule has 0 aliphatic rings. The smallest absolute Gasteiger partial charge is 0.356 e. The molecule has 2 aromatic heterocycles. The maximum atomic E-state index is 12.9. The lowest BCUT2D eigenvalue weighted by Gasteiger charge is -2.13. The Balaban J connectivity index is 2.10. The summed E-state index contributed by atoms with van der Waals surface area (Å²) >= 11 is 0. The van der Waals surface area contributed by atoms with Crippen molar-refractivity contribution >= 4 is 40.3 Å². The van der Waals surface area contributed by atoms with E-state index in [2.05, 4.69) is 15.6 Å². The Morgan fingerprint density at radius 3 is 2.38 bits per heavy atom. The zero-order valence-corrected chi connectivity index (χ0v) is 20.0. The molecule has 0 aliphatic carbocycles. The van der Waals surface area contributed by atoms with Crippen molar-refractivity contribution in [3.63, 3.8) is 0 Å². The molecule has 0 bridgehead atoms. The molecule has 34 heavy (non-hydrogen) atoms. The third-order valence-corrected chi connectivity index (χ3v) is 5.23.